The van der Waals surface area contributed by atoms with Crippen LogP contribution in [0.4, 0.5) is 29.3 Å². The van der Waals surface area contributed by atoms with Crippen LogP contribution in [0.1, 0.15) is 37.0 Å². The van der Waals surface area contributed by atoms with Gasteiger partial charge >= 0.3 is 6.09 Å². The number of halogens is 4. The van der Waals surface area contributed by atoms with Gasteiger partial charge in [0.15, 0.2) is 11.6 Å². The van der Waals surface area contributed by atoms with E-state index in [1.165, 1.54) is 17.0 Å². The molecule has 2 aromatic rings. The fraction of sp³-hybridized carbons (Fsp3) is 0.500. The van der Waals surface area contributed by atoms with Crippen LogP contribution in [0, 0.1) is 32.9 Å². The van der Waals surface area contributed by atoms with Gasteiger partial charge in [-0.3, -0.25) is 4.79 Å². The Morgan fingerprint density at radius 3 is 2.45 bits per heavy atom. The van der Waals surface area contributed by atoms with E-state index in [4.69, 9.17) is 4.74 Å². The van der Waals surface area contributed by atoms with Crippen molar-refractivity contribution in [2.24, 2.45) is 11.8 Å². The molecule has 4 rings (SSSR count). The number of piperidine rings is 1. The Balaban J connectivity index is 1.27. The molecule has 3 N–H and O–H groups in total. The highest BCUT2D eigenvalue weighted by molar-refractivity contribution is 14.1. The molecule has 0 unspecified atom stereocenters. The number of aliphatic hydroxyl groups is 1. The molecule has 2 amide bonds. The average molecular weight is 675 g/mol. The summed E-state index contributed by atoms with van der Waals surface area (Å²) in [4.78, 5) is 28.3. The molecule has 0 spiro atoms. The van der Waals surface area contributed by atoms with Crippen LogP contribution in [0.25, 0.3) is 0 Å². The maximum Gasteiger partial charge on any atom is 0.409 e. The third kappa shape index (κ3) is 7.38. The number of hydrogen-bond acceptors (Lipinski definition) is 6. The maximum atomic E-state index is 14.7. The number of β-amino-alcohol motifs (C(OH)–C–C–N with tert-alkyl or cyclic N) is 1. The molecule has 12 heteroatoms. The summed E-state index contributed by atoms with van der Waals surface area (Å²) in [6, 6.07) is 6.20. The molecule has 0 aromatic heterocycles. The number of nitrogens with one attached hydrogen (secondary N) is 2. The second-order valence-corrected chi connectivity index (χ2v) is 12.2. The van der Waals surface area contributed by atoms with Gasteiger partial charge in [-0.25, -0.2) is 18.0 Å². The first-order chi connectivity index (χ1) is 19.0. The maximum absolute atomic E-state index is 14.7. The van der Waals surface area contributed by atoms with E-state index >= 15 is 0 Å². The first-order valence-electron chi connectivity index (χ1n) is 13.3. The lowest BCUT2D eigenvalue weighted by atomic mass is 9.91. The third-order valence-corrected chi connectivity index (χ3v) is 7.74. The van der Waals surface area contributed by atoms with Crippen molar-refractivity contribution in [1.29, 1.82) is 0 Å². The van der Waals surface area contributed by atoms with Crippen molar-refractivity contribution in [1.82, 2.24) is 15.1 Å². The number of carbonyl (C=O) groups is 2. The van der Waals surface area contributed by atoms with E-state index in [1.54, 1.807) is 11.0 Å². The van der Waals surface area contributed by atoms with E-state index in [-0.39, 0.29) is 42.9 Å². The zero-order chi connectivity index (χ0) is 29.0. The van der Waals surface area contributed by atoms with Crippen molar-refractivity contribution >= 4 is 46.0 Å². The number of hydrogen-bond donors (Lipinski definition) is 3. The first kappa shape index (κ1) is 30.4. The van der Waals surface area contributed by atoms with E-state index < -0.39 is 34.6 Å². The van der Waals surface area contributed by atoms with Gasteiger partial charge in [0.25, 0.3) is 5.91 Å². The van der Waals surface area contributed by atoms with Crippen molar-refractivity contribution in [2.75, 3.05) is 51.2 Å². The van der Waals surface area contributed by atoms with Gasteiger partial charge in [0.1, 0.15) is 11.4 Å². The number of anilines is 2. The molecule has 2 saturated heterocycles. The SMILES string of the molecule is CC(C)COC(=O)N1CCC(CNCC2(O)CN(C(=O)c3ccc(F)c(F)c3Nc3ccc(I)cc3F)C2)CC1. The Bertz CT molecular complexity index is 1230. The van der Waals surface area contributed by atoms with Gasteiger partial charge in [0, 0.05) is 23.2 Å². The standard InChI is InChI=1S/C28H34F3IN4O4/c1-17(2)13-40-27(38)35-9-7-18(8-10-35)12-33-14-28(39)15-36(16-28)26(37)20-4-5-21(29)24(31)25(20)34-23-6-3-19(32)11-22(23)30/h3-6,11,17-18,33-34,39H,7-10,12-16H2,1-2H3. The number of amides is 2. The minimum absolute atomic E-state index is 0.00922. The highest BCUT2D eigenvalue weighted by Gasteiger charge is 2.44. The Morgan fingerprint density at radius 1 is 1.10 bits per heavy atom. The highest BCUT2D eigenvalue weighted by atomic mass is 127. The summed E-state index contributed by atoms with van der Waals surface area (Å²) >= 11 is 1.93. The molecule has 0 aliphatic carbocycles. The van der Waals surface area contributed by atoms with E-state index in [0.717, 1.165) is 25.0 Å². The molecule has 2 fully saturated rings. The van der Waals surface area contributed by atoms with Crippen molar-refractivity contribution < 1.29 is 32.6 Å². The smallest absolute Gasteiger partial charge is 0.409 e. The third-order valence-electron chi connectivity index (χ3n) is 7.07. The molecule has 2 aromatic carbocycles. The molecule has 2 heterocycles. The minimum atomic E-state index is -1.29. The summed E-state index contributed by atoms with van der Waals surface area (Å²) in [5, 5.41) is 16.7. The largest absolute Gasteiger partial charge is 0.449 e. The van der Waals surface area contributed by atoms with Crippen LogP contribution in [0.3, 0.4) is 0 Å². The Labute approximate surface area is 245 Å². The van der Waals surface area contributed by atoms with Gasteiger partial charge in [-0.05, 0) is 84.1 Å². The predicted octanol–water partition coefficient (Wildman–Crippen LogP) is 4.73. The molecule has 8 nitrogen and oxygen atoms in total. The molecule has 0 saturated carbocycles. The first-order valence-corrected chi connectivity index (χ1v) is 14.4. The minimum Gasteiger partial charge on any atom is -0.449 e. The summed E-state index contributed by atoms with van der Waals surface area (Å²) in [5.74, 6) is -3.11. The summed E-state index contributed by atoms with van der Waals surface area (Å²) in [6.07, 6.45) is 1.36. The zero-order valence-corrected chi connectivity index (χ0v) is 24.6. The number of rotatable bonds is 9. The molecule has 218 valence electrons. The van der Waals surface area contributed by atoms with Gasteiger partial charge in [-0.1, -0.05) is 13.8 Å². The molecule has 0 atom stereocenters. The second kappa shape index (κ2) is 12.9. The molecular formula is C28H34F3IN4O4. The lowest BCUT2D eigenvalue weighted by Crippen LogP contribution is -2.67. The summed E-state index contributed by atoms with van der Waals surface area (Å²) in [5.41, 5.74) is -1.88. The normalized spacial score (nSPS) is 17.1. The Hall–Kier alpha value is -2.58. The molecule has 2 aliphatic heterocycles. The van der Waals surface area contributed by atoms with Crippen LogP contribution in [0.15, 0.2) is 30.3 Å². The Kier molecular flexibility index (Phi) is 9.83. The quantitative estimate of drug-likeness (QED) is 0.333. The van der Waals surface area contributed by atoms with Gasteiger partial charge in [-0.15, -0.1) is 0 Å². The predicted molar refractivity (Wildman–Crippen MR) is 153 cm³/mol. The molecule has 2 aliphatic rings. The topological polar surface area (TPSA) is 94.1 Å². The van der Waals surface area contributed by atoms with Gasteiger partial charge in [0.05, 0.1) is 36.6 Å². The van der Waals surface area contributed by atoms with Gasteiger partial charge in [-0.2, -0.15) is 0 Å². The van der Waals surface area contributed by atoms with Gasteiger partial charge in [0.2, 0.25) is 0 Å². The second-order valence-electron chi connectivity index (χ2n) is 11.0. The van der Waals surface area contributed by atoms with E-state index in [1.807, 2.05) is 36.4 Å². The number of likely N-dealkylation sites (tertiary alicyclic amines) is 2. The van der Waals surface area contributed by atoms with E-state index in [0.29, 0.717) is 35.7 Å². The Morgan fingerprint density at radius 2 is 1.80 bits per heavy atom. The summed E-state index contributed by atoms with van der Waals surface area (Å²) < 4.78 is 49.0. The lowest BCUT2D eigenvalue weighted by molar-refractivity contribution is -0.0789. The van der Waals surface area contributed by atoms with Crippen molar-refractivity contribution in [3.63, 3.8) is 0 Å². The molecular weight excluding hydrogens is 640 g/mol. The van der Waals surface area contributed by atoms with Crippen LogP contribution >= 0.6 is 22.6 Å². The van der Waals surface area contributed by atoms with Gasteiger partial charge < -0.3 is 30.3 Å². The van der Waals surface area contributed by atoms with Crippen molar-refractivity contribution in [3.8, 4) is 0 Å². The number of carbonyl (C=O) groups excluding carboxylic acids is 2. The van der Waals surface area contributed by atoms with Crippen LogP contribution in [-0.2, 0) is 4.74 Å². The average Bonchev–Trinajstić information content (AvgIpc) is 2.90. The van der Waals surface area contributed by atoms with Crippen molar-refractivity contribution in [2.45, 2.75) is 32.3 Å². The van der Waals surface area contributed by atoms with Crippen LogP contribution < -0.4 is 10.6 Å². The van der Waals surface area contributed by atoms with Crippen LogP contribution in [0.5, 0.6) is 0 Å². The van der Waals surface area contributed by atoms with E-state index in [2.05, 4.69) is 10.6 Å². The lowest BCUT2D eigenvalue weighted by Gasteiger charge is -2.47. The molecule has 0 bridgehead atoms. The van der Waals surface area contributed by atoms with E-state index in [9.17, 15) is 27.9 Å². The van der Waals surface area contributed by atoms with Crippen molar-refractivity contribution in [3.05, 3.63) is 56.9 Å². The zero-order valence-electron chi connectivity index (χ0n) is 22.5. The van der Waals surface area contributed by atoms with Crippen LogP contribution in [-0.4, -0.2) is 78.4 Å². The van der Waals surface area contributed by atoms with Crippen LogP contribution in [0.2, 0.25) is 0 Å². The highest BCUT2D eigenvalue weighted by Crippen LogP contribution is 2.31. The number of nitrogens with zero attached hydrogens (tertiary/aromatic N) is 2. The fourth-order valence-electron chi connectivity index (χ4n) is 4.82. The molecule has 0 radical (unpaired) electrons. The summed E-state index contributed by atoms with van der Waals surface area (Å²) in [6.45, 7) is 6.54. The number of benzene rings is 2. The summed E-state index contributed by atoms with van der Waals surface area (Å²) in [7, 11) is 0. The molecule has 40 heavy (non-hydrogen) atoms. The number of ether oxygens (including phenoxy) is 1. The monoisotopic (exact) mass is 674 g/mol. The fourth-order valence-corrected chi connectivity index (χ4v) is 5.28.